The molecule has 0 aliphatic carbocycles. The summed E-state index contributed by atoms with van der Waals surface area (Å²) in [5, 5.41) is 9.32. The zero-order valence-corrected chi connectivity index (χ0v) is 17.7. The van der Waals surface area contributed by atoms with E-state index in [1.165, 1.54) is 17.7 Å². The highest BCUT2D eigenvalue weighted by atomic mass is 19.1. The van der Waals surface area contributed by atoms with Crippen LogP contribution in [0.15, 0.2) is 53.5 Å². The van der Waals surface area contributed by atoms with E-state index in [4.69, 9.17) is 0 Å². The highest BCUT2D eigenvalue weighted by Gasteiger charge is 2.25. The number of rotatable bonds is 8. The molecule has 1 fully saturated rings. The second-order valence-corrected chi connectivity index (χ2v) is 7.45. The predicted molar refractivity (Wildman–Crippen MR) is 119 cm³/mol. The molecule has 6 nitrogen and oxygen atoms in total. The van der Waals surface area contributed by atoms with E-state index in [9.17, 15) is 13.6 Å². The molecule has 1 atom stereocenters. The van der Waals surface area contributed by atoms with Gasteiger partial charge in [0.1, 0.15) is 18.2 Å². The Labute approximate surface area is 181 Å². The Bertz CT molecular complexity index is 891. The van der Waals surface area contributed by atoms with Crippen LogP contribution in [0.25, 0.3) is 0 Å². The third-order valence-electron chi connectivity index (χ3n) is 5.08. The molecule has 1 aliphatic rings. The highest BCUT2D eigenvalue weighted by molar-refractivity contribution is 5.85. The Balaban J connectivity index is 1.47. The Kier molecular flexibility index (Phi) is 8.20. The van der Waals surface area contributed by atoms with Gasteiger partial charge in [0.2, 0.25) is 5.91 Å². The van der Waals surface area contributed by atoms with Gasteiger partial charge < -0.3 is 20.9 Å². The average Bonchev–Trinajstić information content (AvgIpc) is 3.21. The fourth-order valence-electron chi connectivity index (χ4n) is 3.55. The summed E-state index contributed by atoms with van der Waals surface area (Å²) in [6, 6.07) is 13.6. The molecule has 1 heterocycles. The highest BCUT2D eigenvalue weighted by Crippen LogP contribution is 2.24. The number of carbonyl (C=O) groups is 1. The van der Waals surface area contributed by atoms with E-state index in [0.717, 1.165) is 18.9 Å². The molecule has 2 aromatic carbocycles. The van der Waals surface area contributed by atoms with Gasteiger partial charge in [0.05, 0.1) is 5.69 Å². The number of halogens is 2. The molecule has 1 aliphatic heterocycles. The van der Waals surface area contributed by atoms with Crippen molar-refractivity contribution in [2.24, 2.45) is 4.99 Å². The zero-order chi connectivity index (χ0) is 22.1. The maximum atomic E-state index is 14.0. The lowest BCUT2D eigenvalue weighted by Crippen LogP contribution is -2.45. The Morgan fingerprint density at radius 3 is 2.71 bits per heavy atom. The summed E-state index contributed by atoms with van der Waals surface area (Å²) in [6.45, 7) is 4.41. The smallest absolute Gasteiger partial charge is 0.241 e. The van der Waals surface area contributed by atoms with Crippen LogP contribution in [0.4, 0.5) is 14.5 Å². The number of anilines is 1. The van der Waals surface area contributed by atoms with Crippen molar-refractivity contribution >= 4 is 17.6 Å². The fraction of sp³-hybridized carbons (Fsp3) is 0.391. The molecule has 1 saturated heterocycles. The van der Waals surface area contributed by atoms with Gasteiger partial charge in [-0.15, -0.1) is 0 Å². The molecule has 1 amide bonds. The number of nitrogens with one attached hydrogen (secondary N) is 3. The van der Waals surface area contributed by atoms with Crippen LogP contribution < -0.4 is 20.9 Å². The summed E-state index contributed by atoms with van der Waals surface area (Å²) in [6.07, 6.45) is 1.55. The summed E-state index contributed by atoms with van der Waals surface area (Å²) in [5.41, 5.74) is 1.56. The van der Waals surface area contributed by atoms with Gasteiger partial charge in [-0.1, -0.05) is 30.3 Å². The van der Waals surface area contributed by atoms with Crippen LogP contribution in [0, 0.1) is 11.6 Å². The third-order valence-corrected chi connectivity index (χ3v) is 5.08. The van der Waals surface area contributed by atoms with Crippen LogP contribution >= 0.6 is 0 Å². The van der Waals surface area contributed by atoms with Crippen molar-refractivity contribution in [1.29, 1.82) is 0 Å². The zero-order valence-electron chi connectivity index (χ0n) is 17.7. The molecular formula is C23H29F2N5O. The van der Waals surface area contributed by atoms with E-state index < -0.39 is 11.6 Å². The first-order valence-corrected chi connectivity index (χ1v) is 10.6. The minimum Gasteiger partial charge on any atom is -0.367 e. The van der Waals surface area contributed by atoms with Gasteiger partial charge in [0.15, 0.2) is 5.96 Å². The predicted octanol–water partition coefficient (Wildman–Crippen LogP) is 2.46. The number of nitrogens with zero attached hydrogens (tertiary/aromatic N) is 2. The largest absolute Gasteiger partial charge is 0.367 e. The summed E-state index contributed by atoms with van der Waals surface area (Å²) in [7, 11) is 0. The molecule has 0 spiro atoms. The summed E-state index contributed by atoms with van der Waals surface area (Å²) in [4.78, 5) is 18.4. The van der Waals surface area contributed by atoms with Gasteiger partial charge in [-0.05, 0) is 37.5 Å². The number of hydrogen-bond acceptors (Lipinski definition) is 3. The van der Waals surface area contributed by atoms with Crippen molar-refractivity contribution in [3.05, 3.63) is 65.7 Å². The Hall–Kier alpha value is -3.16. The fourth-order valence-corrected chi connectivity index (χ4v) is 3.55. The number of benzene rings is 2. The molecule has 0 aromatic heterocycles. The van der Waals surface area contributed by atoms with E-state index in [2.05, 4.69) is 20.9 Å². The topological polar surface area (TPSA) is 68.8 Å². The van der Waals surface area contributed by atoms with Crippen molar-refractivity contribution < 1.29 is 13.6 Å². The molecular weight excluding hydrogens is 400 g/mol. The van der Waals surface area contributed by atoms with Crippen LogP contribution in [-0.4, -0.2) is 50.6 Å². The molecule has 3 rings (SSSR count). The van der Waals surface area contributed by atoms with Gasteiger partial charge in [-0.2, -0.15) is 0 Å². The molecule has 166 valence electrons. The van der Waals surface area contributed by atoms with Crippen molar-refractivity contribution in [2.45, 2.75) is 25.8 Å². The normalized spacial score (nSPS) is 16.3. The van der Waals surface area contributed by atoms with Gasteiger partial charge in [-0.25, -0.2) is 13.8 Å². The summed E-state index contributed by atoms with van der Waals surface area (Å²) >= 11 is 0. The van der Waals surface area contributed by atoms with E-state index in [-0.39, 0.29) is 18.5 Å². The lowest BCUT2D eigenvalue weighted by atomic mass is 10.1. The van der Waals surface area contributed by atoms with Crippen LogP contribution in [-0.2, 0) is 11.2 Å². The Morgan fingerprint density at radius 2 is 1.97 bits per heavy atom. The molecule has 0 saturated carbocycles. The molecule has 3 N–H and O–H groups in total. The van der Waals surface area contributed by atoms with E-state index >= 15 is 0 Å². The van der Waals surface area contributed by atoms with E-state index in [0.29, 0.717) is 37.8 Å². The number of amides is 1. The lowest BCUT2D eigenvalue weighted by Gasteiger charge is -2.21. The van der Waals surface area contributed by atoms with Crippen LogP contribution in [0.1, 0.15) is 18.9 Å². The molecule has 2 aromatic rings. The standard InChI is InChI=1S/C23H29F2N5O/c1-2-26-23(28-15-22(31)27-12-10-17-6-4-3-5-7-17)29-19-11-13-30(16-19)21-9-8-18(24)14-20(21)25/h3-9,14,19H,2,10-13,15-16H2,1H3,(H,27,31)(H2,26,28,29). The van der Waals surface area contributed by atoms with E-state index in [1.54, 1.807) is 0 Å². The molecule has 31 heavy (non-hydrogen) atoms. The lowest BCUT2D eigenvalue weighted by molar-refractivity contribution is -0.119. The summed E-state index contributed by atoms with van der Waals surface area (Å²) < 4.78 is 27.2. The first kappa shape index (κ1) is 22.5. The summed E-state index contributed by atoms with van der Waals surface area (Å²) in [5.74, 6) is -0.742. The van der Waals surface area contributed by atoms with Crippen molar-refractivity contribution in [3.8, 4) is 0 Å². The average molecular weight is 430 g/mol. The third kappa shape index (κ3) is 6.94. The second-order valence-electron chi connectivity index (χ2n) is 7.45. The minimum absolute atomic E-state index is 0.0210. The van der Waals surface area contributed by atoms with Crippen LogP contribution in [0.5, 0.6) is 0 Å². The van der Waals surface area contributed by atoms with Crippen molar-refractivity contribution in [1.82, 2.24) is 16.0 Å². The van der Waals surface area contributed by atoms with E-state index in [1.807, 2.05) is 42.2 Å². The maximum absolute atomic E-state index is 14.0. The van der Waals surface area contributed by atoms with Crippen LogP contribution in [0.2, 0.25) is 0 Å². The van der Waals surface area contributed by atoms with Crippen molar-refractivity contribution in [2.75, 3.05) is 37.6 Å². The number of guanidine groups is 1. The van der Waals surface area contributed by atoms with Gasteiger partial charge in [0, 0.05) is 38.3 Å². The minimum atomic E-state index is -0.585. The first-order valence-electron chi connectivity index (χ1n) is 10.6. The SMILES string of the molecule is CCNC(=NCC(=O)NCCc1ccccc1)NC1CCN(c2ccc(F)cc2F)C1. The van der Waals surface area contributed by atoms with Crippen LogP contribution in [0.3, 0.4) is 0 Å². The molecule has 1 unspecified atom stereocenters. The Morgan fingerprint density at radius 1 is 1.16 bits per heavy atom. The van der Waals surface area contributed by atoms with Gasteiger partial charge >= 0.3 is 0 Å². The number of aliphatic imine (C=N–C) groups is 1. The number of carbonyl (C=O) groups excluding carboxylic acids is 1. The van der Waals surface area contributed by atoms with Crippen molar-refractivity contribution in [3.63, 3.8) is 0 Å². The first-order chi connectivity index (χ1) is 15.0. The quantitative estimate of drug-likeness (QED) is 0.446. The second kappa shape index (κ2) is 11.3. The number of hydrogen-bond donors (Lipinski definition) is 3. The van der Waals surface area contributed by atoms with Gasteiger partial charge in [-0.3, -0.25) is 4.79 Å². The molecule has 8 heteroatoms. The molecule has 0 bridgehead atoms. The monoisotopic (exact) mass is 429 g/mol. The van der Waals surface area contributed by atoms with Gasteiger partial charge in [0.25, 0.3) is 0 Å². The molecule has 0 radical (unpaired) electrons. The maximum Gasteiger partial charge on any atom is 0.241 e.